The van der Waals surface area contributed by atoms with E-state index < -0.39 is 0 Å². The Morgan fingerprint density at radius 2 is 1.86 bits per heavy atom. The van der Waals surface area contributed by atoms with Crippen LogP contribution in [0.2, 0.25) is 0 Å². The van der Waals surface area contributed by atoms with Crippen LogP contribution in [0, 0.1) is 11.8 Å². The minimum absolute atomic E-state index is 0.0314. The Bertz CT molecular complexity index is 1040. The van der Waals surface area contributed by atoms with Crippen molar-refractivity contribution in [3.8, 4) is 5.75 Å². The molecule has 0 saturated heterocycles. The summed E-state index contributed by atoms with van der Waals surface area (Å²) in [6.45, 7) is 7.00. The Labute approximate surface area is 214 Å². The summed E-state index contributed by atoms with van der Waals surface area (Å²) in [6.07, 6.45) is 2.73. The molecule has 36 heavy (non-hydrogen) atoms. The van der Waals surface area contributed by atoms with Crippen molar-refractivity contribution in [2.24, 2.45) is 11.8 Å². The van der Waals surface area contributed by atoms with Gasteiger partial charge in [0.2, 0.25) is 5.91 Å². The lowest BCUT2D eigenvalue weighted by molar-refractivity contribution is -0.117. The molecule has 3 atom stereocenters. The smallest absolute Gasteiger partial charge is 0.257 e. The summed E-state index contributed by atoms with van der Waals surface area (Å²) in [7, 11) is 3.52. The molecule has 2 aromatic carbocycles. The zero-order valence-electron chi connectivity index (χ0n) is 21.9. The molecule has 194 valence electrons. The number of ether oxygens (including phenoxy) is 2. The second kappa shape index (κ2) is 11.9. The van der Waals surface area contributed by atoms with E-state index in [1.165, 1.54) is 5.56 Å². The van der Waals surface area contributed by atoms with Crippen LogP contribution in [0.1, 0.15) is 42.6 Å². The van der Waals surface area contributed by atoms with Gasteiger partial charge in [0.05, 0.1) is 11.7 Å². The molecule has 0 spiro atoms. The quantitative estimate of drug-likeness (QED) is 0.657. The minimum Gasteiger partial charge on any atom is -0.491 e. The fourth-order valence-corrected chi connectivity index (χ4v) is 4.74. The monoisotopic (exact) mass is 493 g/mol. The van der Waals surface area contributed by atoms with Gasteiger partial charge in [-0.2, -0.15) is 0 Å². The van der Waals surface area contributed by atoms with Gasteiger partial charge in [0.25, 0.3) is 5.91 Å². The summed E-state index contributed by atoms with van der Waals surface area (Å²) in [6, 6.07) is 16.0. The highest BCUT2D eigenvalue weighted by atomic mass is 16.5. The summed E-state index contributed by atoms with van der Waals surface area (Å²) in [5.41, 5.74) is 2.46. The highest BCUT2D eigenvalue weighted by Gasteiger charge is 2.31. The van der Waals surface area contributed by atoms with Crippen LogP contribution in [0.15, 0.2) is 48.5 Å². The van der Waals surface area contributed by atoms with E-state index in [0.717, 1.165) is 32.4 Å². The third-order valence-corrected chi connectivity index (χ3v) is 7.32. The number of carbonyl (C=O) groups excluding carboxylic acids is 2. The van der Waals surface area contributed by atoms with E-state index >= 15 is 0 Å². The number of benzene rings is 2. The number of carbonyl (C=O) groups is 2. The first kappa shape index (κ1) is 26.2. The Morgan fingerprint density at radius 3 is 2.56 bits per heavy atom. The zero-order chi connectivity index (χ0) is 25.7. The Balaban J connectivity index is 1.58. The molecule has 7 nitrogen and oxygen atoms in total. The predicted molar refractivity (Wildman–Crippen MR) is 141 cm³/mol. The lowest BCUT2D eigenvalue weighted by atomic mass is 10.0. The van der Waals surface area contributed by atoms with Gasteiger partial charge in [-0.1, -0.05) is 37.3 Å². The first-order chi connectivity index (χ1) is 17.4. The predicted octanol–water partition coefficient (Wildman–Crippen LogP) is 4.08. The number of nitrogens with one attached hydrogen (secondary N) is 1. The van der Waals surface area contributed by atoms with Crippen LogP contribution in [0.5, 0.6) is 5.75 Å². The maximum atomic E-state index is 13.4. The molecule has 0 unspecified atom stereocenters. The third kappa shape index (κ3) is 6.65. The number of nitrogens with zero attached hydrogens (tertiary/aromatic N) is 2. The van der Waals surface area contributed by atoms with E-state index in [4.69, 9.17) is 9.47 Å². The summed E-state index contributed by atoms with van der Waals surface area (Å²) in [4.78, 5) is 29.8. The first-order valence-electron chi connectivity index (χ1n) is 13.0. The molecule has 2 aromatic rings. The number of likely N-dealkylation sites (N-methyl/N-ethyl adjacent to an activating group) is 1. The van der Waals surface area contributed by atoms with Crippen molar-refractivity contribution in [1.29, 1.82) is 0 Å². The Hall–Kier alpha value is -2.90. The van der Waals surface area contributed by atoms with Crippen LogP contribution in [-0.4, -0.2) is 74.2 Å². The maximum absolute atomic E-state index is 13.4. The molecule has 0 bridgehead atoms. The second-order valence-corrected chi connectivity index (χ2v) is 10.3. The number of amides is 2. The number of hydrogen-bond acceptors (Lipinski definition) is 5. The standard InChI is InChI=1S/C29H39N3O4/c1-20-17-32(15-14-22-8-6-5-7-9-22)21(2)19-36-26-16-24(30-28(33)23-10-11-23)12-13-25(26)29(34)31(3)18-27(20)35-4/h5-9,12-13,16,20-21,23,27H,10-11,14-15,17-19H2,1-4H3,(H,30,33)/t20-,21-,27-/m1/s1. The van der Waals surface area contributed by atoms with E-state index in [1.54, 1.807) is 37.3 Å². The largest absolute Gasteiger partial charge is 0.491 e. The van der Waals surface area contributed by atoms with Crippen molar-refractivity contribution in [2.45, 2.75) is 45.3 Å². The maximum Gasteiger partial charge on any atom is 0.257 e. The van der Waals surface area contributed by atoms with Gasteiger partial charge in [-0.3, -0.25) is 14.5 Å². The van der Waals surface area contributed by atoms with Gasteiger partial charge in [0.1, 0.15) is 12.4 Å². The Kier molecular flexibility index (Phi) is 8.64. The lowest BCUT2D eigenvalue weighted by Gasteiger charge is -2.36. The van der Waals surface area contributed by atoms with Gasteiger partial charge in [0.15, 0.2) is 0 Å². The number of hydrogen-bond donors (Lipinski definition) is 1. The minimum atomic E-state index is -0.117. The highest BCUT2D eigenvalue weighted by molar-refractivity contribution is 5.99. The van der Waals surface area contributed by atoms with Crippen molar-refractivity contribution in [3.05, 3.63) is 59.7 Å². The van der Waals surface area contributed by atoms with Crippen LogP contribution < -0.4 is 10.1 Å². The average Bonchev–Trinajstić information content (AvgIpc) is 3.73. The van der Waals surface area contributed by atoms with Gasteiger partial charge < -0.3 is 19.7 Å². The first-order valence-corrected chi connectivity index (χ1v) is 13.0. The third-order valence-electron chi connectivity index (χ3n) is 7.32. The van der Waals surface area contributed by atoms with Crippen LogP contribution in [-0.2, 0) is 16.0 Å². The van der Waals surface area contributed by atoms with E-state index in [1.807, 2.05) is 6.07 Å². The number of anilines is 1. The van der Waals surface area contributed by atoms with E-state index in [0.29, 0.717) is 30.2 Å². The summed E-state index contributed by atoms with van der Waals surface area (Å²) in [5, 5.41) is 2.97. The zero-order valence-corrected chi connectivity index (χ0v) is 21.9. The average molecular weight is 494 g/mol. The van der Waals surface area contributed by atoms with Crippen LogP contribution in [0.4, 0.5) is 5.69 Å². The molecule has 0 aromatic heterocycles. The molecule has 2 aliphatic rings. The SMILES string of the molecule is CO[C@@H]1CN(C)C(=O)c2ccc(NC(=O)C3CC3)cc2OC[C@@H](C)N(CCc2ccccc2)C[C@H]1C. The van der Waals surface area contributed by atoms with Crippen LogP contribution in [0.3, 0.4) is 0 Å². The van der Waals surface area contributed by atoms with Crippen molar-refractivity contribution in [2.75, 3.05) is 45.7 Å². The molecule has 1 saturated carbocycles. The summed E-state index contributed by atoms with van der Waals surface area (Å²) >= 11 is 0. The van der Waals surface area contributed by atoms with Crippen molar-refractivity contribution >= 4 is 17.5 Å². The second-order valence-electron chi connectivity index (χ2n) is 10.3. The van der Waals surface area contributed by atoms with Crippen LogP contribution >= 0.6 is 0 Å². The van der Waals surface area contributed by atoms with Crippen molar-refractivity contribution in [1.82, 2.24) is 9.80 Å². The molecule has 1 heterocycles. The molecule has 0 radical (unpaired) electrons. The molecule has 1 aliphatic carbocycles. The van der Waals surface area contributed by atoms with Crippen molar-refractivity contribution < 1.29 is 19.1 Å². The molecular weight excluding hydrogens is 454 g/mol. The van der Waals surface area contributed by atoms with Gasteiger partial charge in [0, 0.05) is 57.5 Å². The summed E-state index contributed by atoms with van der Waals surface area (Å²) in [5.74, 6) is 0.739. The topological polar surface area (TPSA) is 71.1 Å². The van der Waals surface area contributed by atoms with Crippen LogP contribution in [0.25, 0.3) is 0 Å². The molecule has 7 heteroatoms. The van der Waals surface area contributed by atoms with Gasteiger partial charge in [-0.25, -0.2) is 0 Å². The van der Waals surface area contributed by atoms with Gasteiger partial charge in [-0.05, 0) is 49.8 Å². The van der Waals surface area contributed by atoms with E-state index in [-0.39, 0.29) is 35.8 Å². The Morgan fingerprint density at radius 1 is 1.11 bits per heavy atom. The molecule has 1 aliphatic heterocycles. The fraction of sp³-hybridized carbons (Fsp3) is 0.517. The molecule has 4 rings (SSSR count). The normalized spacial score (nSPS) is 23.7. The van der Waals surface area contributed by atoms with E-state index in [9.17, 15) is 9.59 Å². The molecule has 2 amide bonds. The molecule has 1 N–H and O–H groups in total. The lowest BCUT2D eigenvalue weighted by Crippen LogP contribution is -2.47. The van der Waals surface area contributed by atoms with Crippen molar-refractivity contribution in [3.63, 3.8) is 0 Å². The summed E-state index contributed by atoms with van der Waals surface area (Å²) < 4.78 is 12.1. The number of fused-ring (bicyclic) bond motifs is 1. The van der Waals surface area contributed by atoms with Gasteiger partial charge >= 0.3 is 0 Å². The number of rotatable bonds is 6. The molecule has 1 fully saturated rings. The van der Waals surface area contributed by atoms with E-state index in [2.05, 4.69) is 48.3 Å². The van der Waals surface area contributed by atoms with Gasteiger partial charge in [-0.15, -0.1) is 0 Å². The number of methoxy groups -OCH3 is 1. The molecular formula is C29H39N3O4. The highest BCUT2D eigenvalue weighted by Crippen LogP contribution is 2.32. The fourth-order valence-electron chi connectivity index (χ4n) is 4.74.